The molecule has 2 rings (SSSR count). The molecule has 0 atom stereocenters. The predicted octanol–water partition coefficient (Wildman–Crippen LogP) is 3.46. The number of methoxy groups -OCH3 is 1. The number of aromatic nitrogens is 1. The van der Waals surface area contributed by atoms with Crippen LogP contribution in [0.5, 0.6) is 0 Å². The van der Waals surface area contributed by atoms with Crippen LogP contribution in [0.2, 0.25) is 0 Å². The summed E-state index contributed by atoms with van der Waals surface area (Å²) in [4.78, 5) is 4.41. The van der Waals surface area contributed by atoms with Crippen LogP contribution in [0.15, 0.2) is 36.5 Å². The first-order valence-corrected chi connectivity index (χ1v) is 6.48. The molecule has 0 unspecified atom stereocenters. The Morgan fingerprint density at radius 3 is 2.89 bits per heavy atom. The van der Waals surface area contributed by atoms with Gasteiger partial charge in [-0.3, -0.25) is 0 Å². The predicted molar refractivity (Wildman–Crippen MR) is 76.0 cm³/mol. The van der Waals surface area contributed by atoms with Gasteiger partial charge < -0.3 is 10.1 Å². The molecule has 0 saturated carbocycles. The zero-order chi connectivity index (χ0) is 12.6. The zero-order valence-electron chi connectivity index (χ0n) is 10.9. The first kappa shape index (κ1) is 12.8. The Morgan fingerprint density at radius 1 is 1.11 bits per heavy atom. The number of ether oxygens (including phenoxy) is 1. The van der Waals surface area contributed by atoms with Crippen molar-refractivity contribution in [2.75, 3.05) is 25.6 Å². The van der Waals surface area contributed by atoms with Crippen LogP contribution in [0.3, 0.4) is 0 Å². The topological polar surface area (TPSA) is 34.1 Å². The number of anilines is 1. The lowest BCUT2D eigenvalue weighted by Crippen LogP contribution is -2.04. The van der Waals surface area contributed by atoms with Gasteiger partial charge in [0, 0.05) is 31.8 Å². The minimum atomic E-state index is 0.854. The molecule has 1 N–H and O–H groups in total. The molecule has 2 aromatic rings. The van der Waals surface area contributed by atoms with E-state index >= 15 is 0 Å². The molecule has 0 aliphatic rings. The monoisotopic (exact) mass is 244 g/mol. The summed E-state index contributed by atoms with van der Waals surface area (Å²) in [6.45, 7) is 1.82. The van der Waals surface area contributed by atoms with Gasteiger partial charge in [-0.1, -0.05) is 24.3 Å². The van der Waals surface area contributed by atoms with Gasteiger partial charge in [-0.2, -0.15) is 0 Å². The minimum absolute atomic E-state index is 0.854. The molecule has 0 fully saturated rings. The van der Waals surface area contributed by atoms with Crippen molar-refractivity contribution in [3.8, 4) is 0 Å². The molecule has 0 spiro atoms. The van der Waals surface area contributed by atoms with Crippen molar-refractivity contribution in [1.29, 1.82) is 0 Å². The van der Waals surface area contributed by atoms with Gasteiger partial charge in [0.25, 0.3) is 0 Å². The molecule has 0 radical (unpaired) electrons. The number of unbranched alkanes of at least 4 members (excludes halogenated alkanes) is 2. The van der Waals surface area contributed by atoms with Crippen LogP contribution in [0.1, 0.15) is 19.3 Å². The molecule has 0 bridgehead atoms. The number of rotatable bonds is 7. The van der Waals surface area contributed by atoms with Crippen molar-refractivity contribution in [3.63, 3.8) is 0 Å². The average Bonchev–Trinajstić information content (AvgIpc) is 2.43. The van der Waals surface area contributed by atoms with E-state index in [0.717, 1.165) is 31.8 Å². The molecule has 0 amide bonds. The van der Waals surface area contributed by atoms with Gasteiger partial charge in [0.05, 0.1) is 0 Å². The molecule has 0 aliphatic carbocycles. The summed E-state index contributed by atoms with van der Waals surface area (Å²) in [6, 6.07) is 10.4. The highest BCUT2D eigenvalue weighted by Gasteiger charge is 2.00. The van der Waals surface area contributed by atoms with Crippen molar-refractivity contribution in [2.45, 2.75) is 19.3 Å². The van der Waals surface area contributed by atoms with E-state index in [4.69, 9.17) is 4.74 Å². The maximum atomic E-state index is 5.03. The summed E-state index contributed by atoms with van der Waals surface area (Å²) in [5.41, 5.74) is 0. The summed E-state index contributed by atoms with van der Waals surface area (Å²) in [5, 5.41) is 5.84. The van der Waals surface area contributed by atoms with E-state index < -0.39 is 0 Å². The number of fused-ring (bicyclic) bond motifs is 1. The van der Waals surface area contributed by atoms with E-state index in [1.54, 1.807) is 7.11 Å². The van der Waals surface area contributed by atoms with Crippen LogP contribution in [-0.4, -0.2) is 25.2 Å². The van der Waals surface area contributed by atoms with E-state index in [9.17, 15) is 0 Å². The molecule has 1 heterocycles. The molecular formula is C15H20N2O. The Morgan fingerprint density at radius 2 is 2.00 bits per heavy atom. The highest BCUT2D eigenvalue weighted by atomic mass is 16.5. The summed E-state index contributed by atoms with van der Waals surface area (Å²) < 4.78 is 5.03. The van der Waals surface area contributed by atoms with E-state index in [0.29, 0.717) is 0 Å². The van der Waals surface area contributed by atoms with Gasteiger partial charge in [-0.15, -0.1) is 0 Å². The number of pyridine rings is 1. The minimum Gasteiger partial charge on any atom is -0.385 e. The maximum absolute atomic E-state index is 5.03. The molecular weight excluding hydrogens is 224 g/mol. The van der Waals surface area contributed by atoms with Crippen LogP contribution in [0.4, 0.5) is 5.82 Å². The maximum Gasteiger partial charge on any atom is 0.133 e. The van der Waals surface area contributed by atoms with Crippen LogP contribution < -0.4 is 5.32 Å². The van der Waals surface area contributed by atoms with Gasteiger partial charge in [0.15, 0.2) is 0 Å². The third-order valence-corrected chi connectivity index (χ3v) is 2.99. The summed E-state index contributed by atoms with van der Waals surface area (Å²) in [6.07, 6.45) is 5.32. The van der Waals surface area contributed by atoms with Crippen LogP contribution >= 0.6 is 0 Å². The average molecular weight is 244 g/mol. The Labute approximate surface area is 108 Å². The molecule has 96 valence electrons. The fourth-order valence-electron chi connectivity index (χ4n) is 2.02. The summed E-state index contributed by atoms with van der Waals surface area (Å²) in [7, 11) is 1.75. The van der Waals surface area contributed by atoms with E-state index in [-0.39, 0.29) is 0 Å². The summed E-state index contributed by atoms with van der Waals surface area (Å²) in [5.74, 6) is 0.986. The van der Waals surface area contributed by atoms with Gasteiger partial charge in [-0.05, 0) is 30.7 Å². The highest BCUT2D eigenvalue weighted by Crippen LogP contribution is 2.20. The smallest absolute Gasteiger partial charge is 0.133 e. The Balaban J connectivity index is 1.88. The van der Waals surface area contributed by atoms with Gasteiger partial charge >= 0.3 is 0 Å². The van der Waals surface area contributed by atoms with Gasteiger partial charge in [0.2, 0.25) is 0 Å². The lowest BCUT2D eigenvalue weighted by molar-refractivity contribution is 0.192. The van der Waals surface area contributed by atoms with Crippen molar-refractivity contribution >= 4 is 16.6 Å². The van der Waals surface area contributed by atoms with Crippen molar-refractivity contribution in [1.82, 2.24) is 4.98 Å². The number of nitrogens with one attached hydrogen (secondary N) is 1. The van der Waals surface area contributed by atoms with Crippen molar-refractivity contribution in [3.05, 3.63) is 36.5 Å². The van der Waals surface area contributed by atoms with Crippen LogP contribution in [0.25, 0.3) is 10.8 Å². The van der Waals surface area contributed by atoms with Crippen molar-refractivity contribution < 1.29 is 4.74 Å². The molecule has 1 aromatic heterocycles. The molecule has 0 aliphatic heterocycles. The molecule has 18 heavy (non-hydrogen) atoms. The number of benzene rings is 1. The molecule has 1 aromatic carbocycles. The number of hydrogen-bond acceptors (Lipinski definition) is 3. The third kappa shape index (κ3) is 3.44. The third-order valence-electron chi connectivity index (χ3n) is 2.99. The van der Waals surface area contributed by atoms with Crippen molar-refractivity contribution in [2.24, 2.45) is 0 Å². The lowest BCUT2D eigenvalue weighted by atomic mass is 10.1. The standard InChI is InChI=1S/C15H20N2O/c1-18-12-6-2-5-10-16-15-14-8-4-3-7-13(14)9-11-17-15/h3-4,7-9,11H,2,5-6,10,12H2,1H3,(H,16,17). The van der Waals surface area contributed by atoms with Crippen LogP contribution in [-0.2, 0) is 4.74 Å². The summed E-state index contributed by atoms with van der Waals surface area (Å²) >= 11 is 0. The number of hydrogen-bond donors (Lipinski definition) is 1. The molecule has 0 saturated heterocycles. The number of nitrogens with zero attached hydrogens (tertiary/aromatic N) is 1. The second kappa shape index (κ2) is 6.97. The van der Waals surface area contributed by atoms with Crippen LogP contribution in [0, 0.1) is 0 Å². The fourth-order valence-corrected chi connectivity index (χ4v) is 2.02. The first-order valence-electron chi connectivity index (χ1n) is 6.48. The Bertz CT molecular complexity index is 479. The Hall–Kier alpha value is -1.61. The first-order chi connectivity index (χ1) is 8.92. The second-order valence-electron chi connectivity index (χ2n) is 4.36. The zero-order valence-corrected chi connectivity index (χ0v) is 10.9. The van der Waals surface area contributed by atoms with E-state index in [1.807, 2.05) is 18.3 Å². The molecule has 3 heteroatoms. The largest absolute Gasteiger partial charge is 0.385 e. The fraction of sp³-hybridized carbons (Fsp3) is 0.400. The molecule has 3 nitrogen and oxygen atoms in total. The quantitative estimate of drug-likeness (QED) is 0.757. The SMILES string of the molecule is COCCCCCNc1nccc2ccccc12. The Kier molecular flexibility index (Phi) is 4.97. The normalized spacial score (nSPS) is 10.7. The highest BCUT2D eigenvalue weighted by molar-refractivity contribution is 5.91. The van der Waals surface area contributed by atoms with E-state index in [2.05, 4.69) is 28.5 Å². The second-order valence-corrected chi connectivity index (χ2v) is 4.36. The van der Waals surface area contributed by atoms with Gasteiger partial charge in [-0.25, -0.2) is 4.98 Å². The van der Waals surface area contributed by atoms with Gasteiger partial charge in [0.1, 0.15) is 5.82 Å². The van der Waals surface area contributed by atoms with E-state index in [1.165, 1.54) is 17.2 Å². The lowest BCUT2D eigenvalue weighted by Gasteiger charge is -2.08.